The number of aromatic nitrogens is 2. The van der Waals surface area contributed by atoms with E-state index >= 15 is 0 Å². The van der Waals surface area contributed by atoms with Crippen LogP contribution >= 0.6 is 15.9 Å². The number of halogens is 2. The van der Waals surface area contributed by atoms with Gasteiger partial charge >= 0.3 is 0 Å². The Hall–Kier alpha value is -1.20. The Morgan fingerprint density at radius 2 is 2.19 bits per heavy atom. The van der Waals surface area contributed by atoms with Gasteiger partial charge in [-0.2, -0.15) is 5.10 Å². The van der Waals surface area contributed by atoms with E-state index in [1.807, 2.05) is 30.9 Å². The molecule has 0 bridgehead atoms. The summed E-state index contributed by atoms with van der Waals surface area (Å²) in [6.07, 6.45) is 3.82. The number of nitrogens with one attached hydrogen (secondary N) is 1. The van der Waals surface area contributed by atoms with Gasteiger partial charge in [0, 0.05) is 24.8 Å². The number of rotatable bonds is 6. The third-order valence-corrected chi connectivity index (χ3v) is 4.41. The van der Waals surface area contributed by atoms with Crippen molar-refractivity contribution in [2.24, 2.45) is 7.05 Å². The van der Waals surface area contributed by atoms with Crippen LogP contribution in [-0.2, 0) is 13.5 Å². The molecule has 1 heterocycles. The Kier molecular flexibility index (Phi) is 5.53. The van der Waals surface area contributed by atoms with Gasteiger partial charge in [0.1, 0.15) is 5.82 Å². The first kappa shape index (κ1) is 16.2. The molecule has 0 amide bonds. The second-order valence-corrected chi connectivity index (χ2v) is 6.06. The van der Waals surface area contributed by atoms with Crippen molar-refractivity contribution in [2.75, 3.05) is 6.54 Å². The molecule has 1 unspecified atom stereocenters. The predicted octanol–water partition coefficient (Wildman–Crippen LogP) is 3.91. The summed E-state index contributed by atoms with van der Waals surface area (Å²) >= 11 is 3.35. The smallest absolute Gasteiger partial charge is 0.137 e. The average molecular weight is 354 g/mol. The molecule has 2 aromatic rings. The molecule has 0 aliphatic heterocycles. The zero-order valence-electron chi connectivity index (χ0n) is 12.7. The molecular formula is C16H21BrFN3. The zero-order chi connectivity index (χ0) is 15.4. The van der Waals surface area contributed by atoms with Crippen molar-refractivity contribution in [3.63, 3.8) is 0 Å². The van der Waals surface area contributed by atoms with Crippen LogP contribution in [0.3, 0.4) is 0 Å². The van der Waals surface area contributed by atoms with Gasteiger partial charge in [-0.1, -0.05) is 19.1 Å². The predicted molar refractivity (Wildman–Crippen MR) is 86.8 cm³/mol. The summed E-state index contributed by atoms with van der Waals surface area (Å²) in [5.74, 6) is -0.218. The highest BCUT2D eigenvalue weighted by Crippen LogP contribution is 2.27. The normalized spacial score (nSPS) is 12.6. The molecule has 0 radical (unpaired) electrons. The molecule has 0 spiro atoms. The summed E-state index contributed by atoms with van der Waals surface area (Å²) < 4.78 is 16.1. The SMILES string of the molecule is CCCNC(Cc1cccc(F)c1Br)c1cn(C)nc1C. The van der Waals surface area contributed by atoms with Gasteiger partial charge in [0.15, 0.2) is 0 Å². The summed E-state index contributed by atoms with van der Waals surface area (Å²) in [7, 11) is 1.92. The fourth-order valence-corrected chi connectivity index (χ4v) is 2.92. The van der Waals surface area contributed by atoms with Crippen molar-refractivity contribution in [2.45, 2.75) is 32.7 Å². The maximum atomic E-state index is 13.7. The molecule has 0 aliphatic rings. The zero-order valence-corrected chi connectivity index (χ0v) is 14.2. The molecule has 2 rings (SSSR count). The summed E-state index contributed by atoms with van der Waals surface area (Å²) in [6.45, 7) is 5.07. The van der Waals surface area contributed by atoms with Gasteiger partial charge in [-0.15, -0.1) is 0 Å². The minimum Gasteiger partial charge on any atom is -0.310 e. The molecule has 0 fully saturated rings. The van der Waals surface area contributed by atoms with Gasteiger partial charge in [0.25, 0.3) is 0 Å². The van der Waals surface area contributed by atoms with E-state index in [4.69, 9.17) is 0 Å². The van der Waals surface area contributed by atoms with Crippen molar-refractivity contribution in [3.8, 4) is 0 Å². The summed E-state index contributed by atoms with van der Waals surface area (Å²) in [4.78, 5) is 0. The van der Waals surface area contributed by atoms with Crippen LogP contribution < -0.4 is 5.32 Å². The second-order valence-electron chi connectivity index (χ2n) is 5.27. The van der Waals surface area contributed by atoms with Crippen molar-refractivity contribution >= 4 is 15.9 Å². The monoisotopic (exact) mass is 353 g/mol. The molecule has 1 N–H and O–H groups in total. The lowest BCUT2D eigenvalue weighted by atomic mass is 9.99. The van der Waals surface area contributed by atoms with Gasteiger partial charge < -0.3 is 5.32 Å². The van der Waals surface area contributed by atoms with Gasteiger partial charge in [0.2, 0.25) is 0 Å². The summed E-state index contributed by atoms with van der Waals surface area (Å²) in [6, 6.07) is 5.32. The number of nitrogens with zero attached hydrogens (tertiary/aromatic N) is 2. The van der Waals surface area contributed by atoms with E-state index in [1.54, 1.807) is 6.07 Å². The van der Waals surface area contributed by atoms with E-state index in [-0.39, 0.29) is 11.9 Å². The van der Waals surface area contributed by atoms with Gasteiger partial charge in [-0.05, 0) is 53.9 Å². The molecule has 1 aromatic carbocycles. The topological polar surface area (TPSA) is 29.9 Å². The fourth-order valence-electron chi connectivity index (χ4n) is 2.50. The van der Waals surface area contributed by atoms with Crippen molar-refractivity contribution in [1.29, 1.82) is 0 Å². The summed E-state index contributed by atoms with van der Waals surface area (Å²) in [5.41, 5.74) is 3.15. The van der Waals surface area contributed by atoms with Crippen molar-refractivity contribution in [3.05, 3.63) is 51.5 Å². The van der Waals surface area contributed by atoms with E-state index in [0.29, 0.717) is 4.47 Å². The number of benzene rings is 1. The summed E-state index contributed by atoms with van der Waals surface area (Å²) in [5, 5.41) is 7.95. The van der Waals surface area contributed by atoms with Gasteiger partial charge in [-0.25, -0.2) is 4.39 Å². The average Bonchev–Trinajstić information content (AvgIpc) is 2.78. The quantitative estimate of drug-likeness (QED) is 0.852. The molecule has 1 atom stereocenters. The van der Waals surface area contributed by atoms with Crippen LogP contribution in [0.15, 0.2) is 28.9 Å². The standard InChI is InChI=1S/C16H21BrFN3/c1-4-8-19-15(13-10-21(3)20-11(13)2)9-12-6-5-7-14(18)16(12)17/h5-7,10,15,19H,4,8-9H2,1-3H3. The third kappa shape index (κ3) is 3.92. The molecule has 0 saturated carbocycles. The molecule has 21 heavy (non-hydrogen) atoms. The first-order chi connectivity index (χ1) is 10.0. The van der Waals surface area contributed by atoms with Crippen LogP contribution in [-0.4, -0.2) is 16.3 Å². The Morgan fingerprint density at radius 1 is 1.43 bits per heavy atom. The molecule has 3 nitrogen and oxygen atoms in total. The highest BCUT2D eigenvalue weighted by Gasteiger charge is 2.18. The van der Waals surface area contributed by atoms with E-state index in [1.165, 1.54) is 11.6 Å². The Labute approximate surface area is 133 Å². The molecule has 0 aliphatic carbocycles. The Morgan fingerprint density at radius 3 is 2.81 bits per heavy atom. The van der Waals surface area contributed by atoms with E-state index in [9.17, 15) is 4.39 Å². The Bertz CT molecular complexity index is 610. The van der Waals surface area contributed by atoms with Crippen molar-refractivity contribution in [1.82, 2.24) is 15.1 Å². The first-order valence-electron chi connectivity index (χ1n) is 7.19. The molecular weight excluding hydrogens is 333 g/mol. The maximum Gasteiger partial charge on any atom is 0.137 e. The minimum absolute atomic E-state index is 0.136. The van der Waals surface area contributed by atoms with Crippen molar-refractivity contribution < 1.29 is 4.39 Å². The Balaban J connectivity index is 2.28. The molecule has 5 heteroatoms. The number of hydrogen-bond acceptors (Lipinski definition) is 2. The van der Waals surface area contributed by atoms with Crippen LogP contribution in [0.5, 0.6) is 0 Å². The van der Waals surface area contributed by atoms with Gasteiger partial charge in [0.05, 0.1) is 10.2 Å². The van der Waals surface area contributed by atoms with E-state index < -0.39 is 0 Å². The molecule has 1 aromatic heterocycles. The van der Waals surface area contributed by atoms with Crippen LogP contribution in [0.2, 0.25) is 0 Å². The van der Waals surface area contributed by atoms with Crippen LogP contribution in [0.1, 0.15) is 36.2 Å². The lowest BCUT2D eigenvalue weighted by molar-refractivity contribution is 0.523. The van der Waals surface area contributed by atoms with E-state index in [0.717, 1.165) is 30.6 Å². The lowest BCUT2D eigenvalue weighted by Gasteiger charge is -2.19. The number of hydrogen-bond donors (Lipinski definition) is 1. The number of aryl methyl sites for hydroxylation is 2. The fraction of sp³-hybridized carbons (Fsp3) is 0.438. The van der Waals surface area contributed by atoms with E-state index in [2.05, 4.69) is 33.3 Å². The van der Waals surface area contributed by atoms with Gasteiger partial charge in [-0.3, -0.25) is 4.68 Å². The first-order valence-corrected chi connectivity index (χ1v) is 7.98. The van der Waals surface area contributed by atoms with Crippen LogP contribution in [0, 0.1) is 12.7 Å². The molecule has 0 saturated heterocycles. The largest absolute Gasteiger partial charge is 0.310 e. The second kappa shape index (κ2) is 7.18. The lowest BCUT2D eigenvalue weighted by Crippen LogP contribution is -2.24. The third-order valence-electron chi connectivity index (χ3n) is 3.52. The van der Waals surface area contributed by atoms with Crippen LogP contribution in [0.4, 0.5) is 4.39 Å². The minimum atomic E-state index is -0.218. The highest BCUT2D eigenvalue weighted by molar-refractivity contribution is 9.10. The maximum absolute atomic E-state index is 13.7. The van der Waals surface area contributed by atoms with Crippen LogP contribution in [0.25, 0.3) is 0 Å². The highest BCUT2D eigenvalue weighted by atomic mass is 79.9. The molecule has 114 valence electrons.